The second-order valence-corrected chi connectivity index (χ2v) is 6.55. The number of amides is 1. The van der Waals surface area contributed by atoms with Crippen molar-refractivity contribution in [2.75, 3.05) is 6.61 Å². The van der Waals surface area contributed by atoms with Gasteiger partial charge in [0.1, 0.15) is 5.75 Å². The summed E-state index contributed by atoms with van der Waals surface area (Å²) in [5.74, 6) is 0.913. The third-order valence-electron chi connectivity index (χ3n) is 4.77. The molecule has 0 aliphatic heterocycles. The van der Waals surface area contributed by atoms with Crippen LogP contribution < -0.4 is 10.1 Å². The monoisotopic (exact) mass is 334 g/mol. The van der Waals surface area contributed by atoms with Gasteiger partial charge in [-0.2, -0.15) is 0 Å². The van der Waals surface area contributed by atoms with E-state index in [1.807, 2.05) is 37.3 Å². The molecule has 1 atom stereocenters. The predicted octanol–water partition coefficient (Wildman–Crippen LogP) is 3.39. The van der Waals surface area contributed by atoms with Crippen molar-refractivity contribution >= 4 is 16.8 Å². The minimum absolute atomic E-state index is 0.0728. The first-order chi connectivity index (χ1) is 12.2. The van der Waals surface area contributed by atoms with Gasteiger partial charge in [-0.05, 0) is 42.7 Å². The average Bonchev–Trinajstić information content (AvgIpc) is 3.14. The van der Waals surface area contributed by atoms with Gasteiger partial charge in [0, 0.05) is 29.1 Å². The molecule has 2 aromatic carbocycles. The summed E-state index contributed by atoms with van der Waals surface area (Å²) in [6.07, 6.45) is 2.17. The molecule has 0 fully saturated rings. The van der Waals surface area contributed by atoms with Gasteiger partial charge >= 0.3 is 0 Å². The molecule has 1 amide bonds. The van der Waals surface area contributed by atoms with Crippen LogP contribution in [-0.2, 0) is 24.1 Å². The number of nitrogens with one attached hydrogen (secondary N) is 2. The fraction of sp³-hybridized carbons (Fsp3) is 0.286. The van der Waals surface area contributed by atoms with E-state index < -0.39 is 0 Å². The van der Waals surface area contributed by atoms with Crippen LogP contribution in [0, 0.1) is 0 Å². The van der Waals surface area contributed by atoms with E-state index >= 15 is 0 Å². The summed E-state index contributed by atoms with van der Waals surface area (Å²) in [5.41, 5.74) is 4.80. The average molecular weight is 334 g/mol. The SMILES string of the molecule is CCOc1ccc(CC(=O)NC2Cc3[nH]c4ccccc4c3C2)cc1. The third-order valence-corrected chi connectivity index (χ3v) is 4.77. The first-order valence-electron chi connectivity index (χ1n) is 8.82. The number of fused-ring (bicyclic) bond motifs is 3. The highest BCUT2D eigenvalue weighted by molar-refractivity contribution is 5.86. The molecular formula is C21H22N2O2. The number of aromatic nitrogens is 1. The van der Waals surface area contributed by atoms with Crippen LogP contribution >= 0.6 is 0 Å². The van der Waals surface area contributed by atoms with Crippen LogP contribution in [0.15, 0.2) is 48.5 Å². The van der Waals surface area contributed by atoms with Crippen molar-refractivity contribution < 1.29 is 9.53 Å². The van der Waals surface area contributed by atoms with Crippen LogP contribution in [0.3, 0.4) is 0 Å². The van der Waals surface area contributed by atoms with Crippen molar-refractivity contribution in [1.82, 2.24) is 10.3 Å². The molecule has 1 aliphatic carbocycles. The van der Waals surface area contributed by atoms with Crippen LogP contribution in [0.1, 0.15) is 23.7 Å². The standard InChI is InChI=1S/C21H22N2O2/c1-2-25-16-9-7-14(8-10-16)11-21(24)22-15-12-18-17-5-3-4-6-19(17)23-20(18)13-15/h3-10,15,23H,2,11-13H2,1H3,(H,22,24). The van der Waals surface area contributed by atoms with E-state index in [4.69, 9.17) is 4.74 Å². The maximum Gasteiger partial charge on any atom is 0.224 e. The zero-order valence-corrected chi connectivity index (χ0v) is 14.3. The number of ether oxygens (including phenoxy) is 1. The summed E-state index contributed by atoms with van der Waals surface area (Å²) in [5, 5.41) is 4.45. The lowest BCUT2D eigenvalue weighted by molar-refractivity contribution is -0.121. The highest BCUT2D eigenvalue weighted by Crippen LogP contribution is 2.29. The van der Waals surface area contributed by atoms with Gasteiger partial charge in [-0.3, -0.25) is 4.79 Å². The van der Waals surface area contributed by atoms with Crippen LogP contribution in [0.4, 0.5) is 0 Å². The molecule has 4 heteroatoms. The van der Waals surface area contributed by atoms with Gasteiger partial charge < -0.3 is 15.0 Å². The molecule has 4 rings (SSSR count). The topological polar surface area (TPSA) is 54.1 Å². The Kier molecular flexibility index (Phi) is 4.18. The van der Waals surface area contributed by atoms with E-state index in [-0.39, 0.29) is 11.9 Å². The predicted molar refractivity (Wildman–Crippen MR) is 99.0 cm³/mol. The lowest BCUT2D eigenvalue weighted by Gasteiger charge is -2.13. The Morgan fingerprint density at radius 3 is 2.76 bits per heavy atom. The van der Waals surface area contributed by atoms with Gasteiger partial charge in [-0.1, -0.05) is 30.3 Å². The van der Waals surface area contributed by atoms with Crippen molar-refractivity contribution in [3.8, 4) is 5.75 Å². The summed E-state index contributed by atoms with van der Waals surface area (Å²) in [6, 6.07) is 16.3. The largest absolute Gasteiger partial charge is 0.494 e. The fourth-order valence-corrected chi connectivity index (χ4v) is 3.66. The molecule has 1 aromatic heterocycles. The second-order valence-electron chi connectivity index (χ2n) is 6.55. The molecular weight excluding hydrogens is 312 g/mol. The highest BCUT2D eigenvalue weighted by atomic mass is 16.5. The Morgan fingerprint density at radius 2 is 1.96 bits per heavy atom. The summed E-state index contributed by atoms with van der Waals surface area (Å²) in [7, 11) is 0. The van der Waals surface area contributed by atoms with Crippen molar-refractivity contribution in [2.24, 2.45) is 0 Å². The Balaban J connectivity index is 1.37. The van der Waals surface area contributed by atoms with E-state index in [1.165, 1.54) is 22.2 Å². The maximum absolute atomic E-state index is 12.4. The fourth-order valence-electron chi connectivity index (χ4n) is 3.66. The number of carbonyl (C=O) groups excluding carboxylic acids is 1. The Morgan fingerprint density at radius 1 is 1.16 bits per heavy atom. The van der Waals surface area contributed by atoms with Crippen LogP contribution in [0.5, 0.6) is 5.75 Å². The smallest absolute Gasteiger partial charge is 0.224 e. The van der Waals surface area contributed by atoms with Gasteiger partial charge in [0.25, 0.3) is 0 Å². The van der Waals surface area contributed by atoms with Gasteiger partial charge in [0.05, 0.1) is 13.0 Å². The van der Waals surface area contributed by atoms with E-state index in [0.29, 0.717) is 13.0 Å². The van der Waals surface area contributed by atoms with Gasteiger partial charge in [0.2, 0.25) is 5.91 Å². The van der Waals surface area contributed by atoms with Crippen LogP contribution in [0.25, 0.3) is 10.9 Å². The minimum atomic E-state index is 0.0728. The molecule has 2 N–H and O–H groups in total. The third kappa shape index (κ3) is 3.25. The van der Waals surface area contributed by atoms with Gasteiger partial charge in [-0.25, -0.2) is 0 Å². The van der Waals surface area contributed by atoms with Crippen LogP contribution in [-0.4, -0.2) is 23.5 Å². The molecule has 4 nitrogen and oxygen atoms in total. The summed E-state index contributed by atoms with van der Waals surface area (Å²) in [6.45, 7) is 2.61. The van der Waals surface area contributed by atoms with Crippen molar-refractivity contribution in [3.05, 3.63) is 65.4 Å². The molecule has 3 aromatic rings. The number of H-pyrrole nitrogens is 1. The lowest BCUT2D eigenvalue weighted by atomic mass is 10.1. The van der Waals surface area contributed by atoms with Crippen molar-refractivity contribution in [3.63, 3.8) is 0 Å². The molecule has 1 aliphatic rings. The first-order valence-corrected chi connectivity index (χ1v) is 8.82. The van der Waals surface area contributed by atoms with Crippen molar-refractivity contribution in [1.29, 1.82) is 0 Å². The van der Waals surface area contributed by atoms with E-state index in [9.17, 15) is 4.79 Å². The van der Waals surface area contributed by atoms with Gasteiger partial charge in [-0.15, -0.1) is 0 Å². The van der Waals surface area contributed by atoms with Crippen LogP contribution in [0.2, 0.25) is 0 Å². The molecule has 1 unspecified atom stereocenters. The molecule has 1 heterocycles. The number of aromatic amines is 1. The number of benzene rings is 2. The maximum atomic E-state index is 12.4. The summed E-state index contributed by atoms with van der Waals surface area (Å²) < 4.78 is 5.43. The Labute approximate surface area is 147 Å². The normalized spacial score (nSPS) is 16.0. The van der Waals surface area contributed by atoms with E-state index in [1.54, 1.807) is 0 Å². The first kappa shape index (κ1) is 15.8. The highest BCUT2D eigenvalue weighted by Gasteiger charge is 2.26. The number of para-hydroxylation sites is 1. The zero-order valence-electron chi connectivity index (χ0n) is 14.3. The molecule has 25 heavy (non-hydrogen) atoms. The number of hydrogen-bond donors (Lipinski definition) is 2. The zero-order chi connectivity index (χ0) is 17.2. The Bertz CT molecular complexity index is 896. The Hall–Kier alpha value is -2.75. The molecule has 0 saturated heterocycles. The molecule has 0 bridgehead atoms. The number of carbonyl (C=O) groups is 1. The quantitative estimate of drug-likeness (QED) is 0.751. The van der Waals surface area contributed by atoms with Crippen molar-refractivity contribution in [2.45, 2.75) is 32.2 Å². The van der Waals surface area contributed by atoms with E-state index in [0.717, 1.165) is 24.2 Å². The second kappa shape index (κ2) is 6.63. The summed E-state index contributed by atoms with van der Waals surface area (Å²) >= 11 is 0. The minimum Gasteiger partial charge on any atom is -0.494 e. The summed E-state index contributed by atoms with van der Waals surface area (Å²) in [4.78, 5) is 15.8. The van der Waals surface area contributed by atoms with Gasteiger partial charge in [0.15, 0.2) is 0 Å². The molecule has 0 radical (unpaired) electrons. The molecule has 128 valence electrons. The molecule has 0 spiro atoms. The lowest BCUT2D eigenvalue weighted by Crippen LogP contribution is -2.36. The number of rotatable bonds is 5. The molecule has 0 saturated carbocycles. The van der Waals surface area contributed by atoms with E-state index in [2.05, 4.69) is 28.5 Å². The number of hydrogen-bond acceptors (Lipinski definition) is 2.